The van der Waals surface area contributed by atoms with Crippen LogP contribution in [0.2, 0.25) is 0 Å². The van der Waals surface area contributed by atoms with Crippen molar-refractivity contribution in [2.75, 3.05) is 32.2 Å². The lowest BCUT2D eigenvalue weighted by Gasteiger charge is -2.30. The first kappa shape index (κ1) is 13.3. The van der Waals surface area contributed by atoms with Crippen molar-refractivity contribution in [2.24, 2.45) is 11.8 Å². The van der Waals surface area contributed by atoms with Crippen LogP contribution >= 0.6 is 11.6 Å². The fourth-order valence-corrected chi connectivity index (χ4v) is 2.74. The molecule has 0 amide bonds. The third-order valence-electron chi connectivity index (χ3n) is 3.30. The molecule has 0 aliphatic heterocycles. The second-order valence-electron chi connectivity index (χ2n) is 4.36. The first-order valence-electron chi connectivity index (χ1n) is 6.23. The molecule has 15 heavy (non-hydrogen) atoms. The lowest BCUT2D eigenvalue weighted by molar-refractivity contribution is 0.145. The smallest absolute Gasteiger partial charge is 0.0590 e. The first-order valence-corrected chi connectivity index (χ1v) is 6.76. The number of hydrogen-bond acceptors (Lipinski definition) is 2. The van der Waals surface area contributed by atoms with Gasteiger partial charge < -0.3 is 10.1 Å². The van der Waals surface area contributed by atoms with Crippen LogP contribution in [-0.2, 0) is 4.74 Å². The maximum atomic E-state index is 5.99. The number of nitrogens with one attached hydrogen (secondary N) is 1. The molecule has 2 unspecified atom stereocenters. The Morgan fingerprint density at radius 1 is 1.27 bits per heavy atom. The van der Waals surface area contributed by atoms with Crippen LogP contribution in [0.25, 0.3) is 0 Å². The maximum Gasteiger partial charge on any atom is 0.0590 e. The topological polar surface area (TPSA) is 21.3 Å². The van der Waals surface area contributed by atoms with E-state index in [1.54, 1.807) is 0 Å². The van der Waals surface area contributed by atoms with Crippen LogP contribution in [0.4, 0.5) is 0 Å². The van der Waals surface area contributed by atoms with E-state index in [0.717, 1.165) is 44.0 Å². The Hall–Kier alpha value is 0.210. The second-order valence-corrected chi connectivity index (χ2v) is 4.67. The summed E-state index contributed by atoms with van der Waals surface area (Å²) in [6.07, 6.45) is 5.42. The van der Waals surface area contributed by atoms with Gasteiger partial charge in [0.2, 0.25) is 0 Å². The summed E-state index contributed by atoms with van der Waals surface area (Å²) < 4.78 is 5.29. The monoisotopic (exact) mass is 233 g/mol. The molecule has 2 atom stereocenters. The lowest BCUT2D eigenvalue weighted by Crippen LogP contribution is -2.33. The molecule has 90 valence electrons. The van der Waals surface area contributed by atoms with E-state index in [9.17, 15) is 0 Å². The van der Waals surface area contributed by atoms with E-state index in [-0.39, 0.29) is 0 Å². The molecular formula is C12H24ClNO. The Morgan fingerprint density at radius 2 is 2.00 bits per heavy atom. The Morgan fingerprint density at radius 3 is 2.67 bits per heavy atom. The maximum absolute atomic E-state index is 5.99. The molecule has 0 saturated heterocycles. The molecule has 0 aromatic heterocycles. The van der Waals surface area contributed by atoms with Crippen LogP contribution in [0, 0.1) is 11.8 Å². The summed E-state index contributed by atoms with van der Waals surface area (Å²) in [7, 11) is 0. The normalized spacial score (nSPS) is 26.8. The molecule has 3 heteroatoms. The predicted octanol–water partition coefficient (Wildman–Crippen LogP) is 2.66. The third-order valence-corrected chi connectivity index (χ3v) is 3.69. The van der Waals surface area contributed by atoms with Gasteiger partial charge in [-0.1, -0.05) is 12.8 Å². The quantitative estimate of drug-likeness (QED) is 0.539. The van der Waals surface area contributed by atoms with Crippen LogP contribution < -0.4 is 5.32 Å². The summed E-state index contributed by atoms with van der Waals surface area (Å²) in [4.78, 5) is 0. The van der Waals surface area contributed by atoms with Crippen molar-refractivity contribution in [3.8, 4) is 0 Å². The fraction of sp³-hybridized carbons (Fsp3) is 1.00. The molecule has 1 rings (SSSR count). The first-order chi connectivity index (χ1) is 7.38. The van der Waals surface area contributed by atoms with Crippen LogP contribution in [0.3, 0.4) is 0 Å². The van der Waals surface area contributed by atoms with Crippen LogP contribution in [0.1, 0.15) is 32.6 Å². The molecule has 1 N–H and O–H groups in total. The summed E-state index contributed by atoms with van der Waals surface area (Å²) in [5.41, 5.74) is 0. The molecule has 1 fully saturated rings. The van der Waals surface area contributed by atoms with E-state index < -0.39 is 0 Å². The van der Waals surface area contributed by atoms with Crippen LogP contribution in [-0.4, -0.2) is 32.2 Å². The van der Waals surface area contributed by atoms with Gasteiger partial charge in [-0.25, -0.2) is 0 Å². The minimum absolute atomic E-state index is 0.736. The molecule has 2 nitrogen and oxygen atoms in total. The van der Waals surface area contributed by atoms with Crippen molar-refractivity contribution >= 4 is 11.6 Å². The number of alkyl halides is 1. The number of rotatable bonds is 7. The van der Waals surface area contributed by atoms with Crippen LogP contribution in [0.5, 0.6) is 0 Å². The van der Waals surface area contributed by atoms with Crippen molar-refractivity contribution in [1.29, 1.82) is 0 Å². The van der Waals surface area contributed by atoms with E-state index in [2.05, 4.69) is 5.32 Å². The highest BCUT2D eigenvalue weighted by atomic mass is 35.5. The van der Waals surface area contributed by atoms with Crippen LogP contribution in [0.15, 0.2) is 0 Å². The molecule has 0 aromatic rings. The highest BCUT2D eigenvalue weighted by molar-refractivity contribution is 6.18. The van der Waals surface area contributed by atoms with E-state index in [1.807, 2.05) is 6.92 Å². The molecule has 1 saturated carbocycles. The van der Waals surface area contributed by atoms with Crippen molar-refractivity contribution in [3.05, 3.63) is 0 Å². The Kier molecular flexibility index (Phi) is 7.41. The number of hydrogen-bond donors (Lipinski definition) is 1. The summed E-state index contributed by atoms with van der Waals surface area (Å²) >= 11 is 5.99. The molecule has 0 spiro atoms. The largest absolute Gasteiger partial charge is 0.380 e. The molecule has 1 aliphatic carbocycles. The zero-order valence-corrected chi connectivity index (χ0v) is 10.6. The highest BCUT2D eigenvalue weighted by Gasteiger charge is 2.23. The van der Waals surface area contributed by atoms with Gasteiger partial charge in [0.1, 0.15) is 0 Å². The van der Waals surface area contributed by atoms with Gasteiger partial charge in [-0.15, -0.1) is 11.6 Å². The zero-order chi connectivity index (χ0) is 10.9. The summed E-state index contributed by atoms with van der Waals surface area (Å²) in [5.74, 6) is 2.36. The number of halogens is 1. The van der Waals surface area contributed by atoms with E-state index in [0.29, 0.717) is 0 Å². The van der Waals surface area contributed by atoms with Crippen molar-refractivity contribution in [3.63, 3.8) is 0 Å². The van der Waals surface area contributed by atoms with Gasteiger partial charge >= 0.3 is 0 Å². The molecule has 0 heterocycles. The van der Waals surface area contributed by atoms with E-state index in [4.69, 9.17) is 16.3 Å². The fourth-order valence-electron chi connectivity index (χ4n) is 2.33. The minimum Gasteiger partial charge on any atom is -0.380 e. The molecule has 0 bridgehead atoms. The highest BCUT2D eigenvalue weighted by Crippen LogP contribution is 2.30. The summed E-state index contributed by atoms with van der Waals surface area (Å²) in [6, 6.07) is 0. The average Bonchev–Trinajstić information content (AvgIpc) is 2.29. The van der Waals surface area contributed by atoms with Gasteiger partial charge in [0, 0.05) is 19.0 Å². The Balaban J connectivity index is 2.07. The van der Waals surface area contributed by atoms with Crippen molar-refractivity contribution < 1.29 is 4.74 Å². The van der Waals surface area contributed by atoms with Gasteiger partial charge in [0.15, 0.2) is 0 Å². The summed E-state index contributed by atoms with van der Waals surface area (Å²) in [5, 5.41) is 3.47. The second kappa shape index (κ2) is 8.37. The standard InChI is InChI=1S/C12H24ClNO/c1-2-15-8-7-14-10-12-6-4-3-5-11(12)9-13/h11-12,14H,2-10H2,1H3. The minimum atomic E-state index is 0.736. The lowest BCUT2D eigenvalue weighted by atomic mass is 9.80. The van der Waals surface area contributed by atoms with Gasteiger partial charge in [0.25, 0.3) is 0 Å². The molecule has 1 aliphatic rings. The SMILES string of the molecule is CCOCCNCC1CCCCC1CCl. The molecule has 0 aromatic carbocycles. The number of ether oxygens (including phenoxy) is 1. The van der Waals surface area contributed by atoms with Gasteiger partial charge in [-0.3, -0.25) is 0 Å². The predicted molar refractivity (Wildman–Crippen MR) is 65.5 cm³/mol. The Labute approximate surface area is 98.7 Å². The van der Waals surface area contributed by atoms with E-state index in [1.165, 1.54) is 25.7 Å². The third kappa shape index (κ3) is 5.19. The van der Waals surface area contributed by atoms with Crippen molar-refractivity contribution in [1.82, 2.24) is 5.32 Å². The van der Waals surface area contributed by atoms with Gasteiger partial charge in [-0.2, -0.15) is 0 Å². The van der Waals surface area contributed by atoms with Gasteiger partial charge in [-0.05, 0) is 38.1 Å². The van der Waals surface area contributed by atoms with E-state index >= 15 is 0 Å². The zero-order valence-electron chi connectivity index (χ0n) is 9.80. The van der Waals surface area contributed by atoms with Gasteiger partial charge in [0.05, 0.1) is 6.61 Å². The Bertz CT molecular complexity index is 155. The molecular weight excluding hydrogens is 210 g/mol. The summed E-state index contributed by atoms with van der Waals surface area (Å²) in [6.45, 7) is 5.76. The molecule has 0 radical (unpaired) electrons. The average molecular weight is 234 g/mol. The van der Waals surface area contributed by atoms with Crippen molar-refractivity contribution in [2.45, 2.75) is 32.6 Å².